The fourth-order valence-electron chi connectivity index (χ4n) is 1.72. The van der Waals surface area contributed by atoms with Crippen molar-refractivity contribution in [2.24, 2.45) is 0 Å². The fraction of sp³-hybridized carbons (Fsp3) is 0.0769. The molecule has 0 bridgehead atoms. The van der Waals surface area contributed by atoms with Gasteiger partial charge in [-0.25, -0.2) is 0 Å². The maximum absolute atomic E-state index is 6.31. The van der Waals surface area contributed by atoms with Crippen LogP contribution in [0.5, 0.6) is 0 Å². The van der Waals surface area contributed by atoms with E-state index < -0.39 is 0 Å². The van der Waals surface area contributed by atoms with Crippen molar-refractivity contribution >= 4 is 81.2 Å². The maximum atomic E-state index is 6.31. The fourth-order valence-corrected chi connectivity index (χ4v) is 3.64. The van der Waals surface area contributed by atoms with Crippen molar-refractivity contribution in [1.82, 2.24) is 0 Å². The molecule has 0 atom stereocenters. The maximum Gasteiger partial charge on any atom is 0.0809 e. The molecule has 0 saturated carbocycles. The SMILES string of the molecule is ClCc1cccc(-c2c(Cl)c(Cl)c(Cl)c(Cl)c2Cl)c1Cl. The average Bonchev–Trinajstić information content (AvgIpc) is 2.45. The summed E-state index contributed by atoms with van der Waals surface area (Å²) in [6.45, 7) is 0. The molecule has 0 radical (unpaired) electrons. The second-order valence-electron chi connectivity index (χ2n) is 3.86. The van der Waals surface area contributed by atoms with Gasteiger partial charge in [0.15, 0.2) is 0 Å². The topological polar surface area (TPSA) is 0 Å². The van der Waals surface area contributed by atoms with Crippen molar-refractivity contribution in [2.45, 2.75) is 5.88 Å². The van der Waals surface area contributed by atoms with Crippen LogP contribution in [0.15, 0.2) is 18.2 Å². The third kappa shape index (κ3) is 2.85. The van der Waals surface area contributed by atoms with Gasteiger partial charge in [0.25, 0.3) is 0 Å². The van der Waals surface area contributed by atoms with E-state index in [1.165, 1.54) is 0 Å². The highest BCUT2D eigenvalue weighted by Crippen LogP contribution is 2.49. The molecule has 0 fully saturated rings. The van der Waals surface area contributed by atoms with Crippen LogP contribution in [-0.2, 0) is 5.88 Å². The molecule has 0 heterocycles. The Bertz CT molecular complexity index is 650. The predicted octanol–water partition coefficient (Wildman–Crippen LogP) is 8.01. The molecule has 0 unspecified atom stereocenters. The van der Waals surface area contributed by atoms with Crippen molar-refractivity contribution < 1.29 is 0 Å². The van der Waals surface area contributed by atoms with Gasteiger partial charge < -0.3 is 0 Å². The highest BCUT2D eigenvalue weighted by molar-refractivity contribution is 6.56. The summed E-state index contributed by atoms with van der Waals surface area (Å²) in [6, 6.07) is 5.35. The predicted molar refractivity (Wildman–Crippen MR) is 91.5 cm³/mol. The molecule has 2 rings (SSSR count). The smallest absolute Gasteiger partial charge is 0.0809 e. The number of alkyl halides is 1. The molecule has 106 valence electrons. The molecule has 0 amide bonds. The molecule has 20 heavy (non-hydrogen) atoms. The van der Waals surface area contributed by atoms with Gasteiger partial charge in [-0.3, -0.25) is 0 Å². The van der Waals surface area contributed by atoms with Gasteiger partial charge in [0.1, 0.15) is 0 Å². The van der Waals surface area contributed by atoms with Crippen LogP contribution < -0.4 is 0 Å². The molecule has 0 aliphatic rings. The summed E-state index contributed by atoms with van der Waals surface area (Å²) in [5, 5.41) is 1.20. The largest absolute Gasteiger partial charge is 0.121 e. The molecular weight excluding hydrogens is 404 g/mol. The monoisotopic (exact) mass is 406 g/mol. The first kappa shape index (κ1) is 16.8. The van der Waals surface area contributed by atoms with Crippen molar-refractivity contribution in [2.75, 3.05) is 0 Å². The summed E-state index contributed by atoms with van der Waals surface area (Å²) in [7, 11) is 0. The van der Waals surface area contributed by atoms with Gasteiger partial charge in [0.2, 0.25) is 0 Å². The van der Waals surface area contributed by atoms with E-state index in [0.29, 0.717) is 16.1 Å². The Morgan fingerprint density at radius 2 is 1.15 bits per heavy atom. The zero-order valence-corrected chi connectivity index (χ0v) is 14.9. The van der Waals surface area contributed by atoms with Crippen molar-refractivity contribution in [1.29, 1.82) is 0 Å². The van der Waals surface area contributed by atoms with E-state index in [1.807, 2.05) is 0 Å². The number of halogens is 7. The number of hydrogen-bond acceptors (Lipinski definition) is 0. The minimum atomic E-state index is 0.108. The van der Waals surface area contributed by atoms with Gasteiger partial charge in [0, 0.05) is 17.0 Å². The van der Waals surface area contributed by atoms with Gasteiger partial charge in [-0.05, 0) is 5.56 Å². The molecular formula is C13H5Cl7. The molecule has 0 aliphatic heterocycles. The Morgan fingerprint density at radius 3 is 1.65 bits per heavy atom. The summed E-state index contributed by atoms with van der Waals surface area (Å²) < 4.78 is 0. The lowest BCUT2D eigenvalue weighted by atomic mass is 10.0. The van der Waals surface area contributed by atoms with E-state index in [1.54, 1.807) is 18.2 Å². The van der Waals surface area contributed by atoms with E-state index in [0.717, 1.165) is 5.56 Å². The van der Waals surface area contributed by atoms with Gasteiger partial charge in [-0.2, -0.15) is 0 Å². The zero-order chi connectivity index (χ0) is 15.0. The first-order valence-corrected chi connectivity index (χ1v) is 8.05. The van der Waals surface area contributed by atoms with Gasteiger partial charge in [-0.15, -0.1) is 11.6 Å². The minimum absolute atomic E-state index is 0.108. The molecule has 2 aromatic carbocycles. The summed E-state index contributed by atoms with van der Waals surface area (Å²) in [4.78, 5) is 0. The number of hydrogen-bond donors (Lipinski definition) is 0. The highest BCUT2D eigenvalue weighted by Gasteiger charge is 2.22. The second kappa shape index (κ2) is 6.71. The normalized spacial score (nSPS) is 10.9. The van der Waals surface area contributed by atoms with Crippen LogP contribution in [0.3, 0.4) is 0 Å². The quantitative estimate of drug-likeness (QED) is 0.268. The summed E-state index contributed by atoms with van der Waals surface area (Å²) >= 11 is 42.7. The third-order valence-corrected chi connectivity index (χ3v) is 5.71. The Hall–Kier alpha value is 0.470. The van der Waals surface area contributed by atoms with Crippen LogP contribution in [0.25, 0.3) is 11.1 Å². The number of rotatable bonds is 2. The van der Waals surface area contributed by atoms with E-state index in [-0.39, 0.29) is 31.0 Å². The Balaban J connectivity index is 2.84. The van der Waals surface area contributed by atoms with Crippen LogP contribution in [-0.4, -0.2) is 0 Å². The lowest BCUT2D eigenvalue weighted by Crippen LogP contribution is -1.90. The van der Waals surface area contributed by atoms with Crippen molar-refractivity contribution in [3.8, 4) is 11.1 Å². The lowest BCUT2D eigenvalue weighted by molar-refractivity contribution is 1.40. The van der Waals surface area contributed by atoms with Crippen LogP contribution in [0.1, 0.15) is 5.56 Å². The minimum Gasteiger partial charge on any atom is -0.121 e. The molecule has 0 aromatic heterocycles. The van der Waals surface area contributed by atoms with Crippen LogP contribution in [0.2, 0.25) is 30.1 Å². The molecule has 0 aliphatic carbocycles. The van der Waals surface area contributed by atoms with E-state index in [4.69, 9.17) is 81.2 Å². The summed E-state index contributed by atoms with van der Waals surface area (Å²) in [5.74, 6) is 0.261. The molecule has 2 aromatic rings. The Labute approximate surface area is 151 Å². The third-order valence-electron chi connectivity index (χ3n) is 2.70. The Kier molecular flexibility index (Phi) is 5.64. The van der Waals surface area contributed by atoms with E-state index in [2.05, 4.69) is 0 Å². The van der Waals surface area contributed by atoms with Crippen LogP contribution >= 0.6 is 81.2 Å². The Morgan fingerprint density at radius 1 is 0.650 bits per heavy atom. The second-order valence-corrected chi connectivity index (χ2v) is 6.39. The zero-order valence-electron chi connectivity index (χ0n) is 9.58. The summed E-state index contributed by atoms with van der Waals surface area (Å²) in [5.41, 5.74) is 1.78. The first-order chi connectivity index (χ1) is 9.40. The van der Waals surface area contributed by atoms with Crippen LogP contribution in [0, 0.1) is 0 Å². The highest BCUT2D eigenvalue weighted by atomic mass is 35.5. The molecule has 0 saturated heterocycles. The lowest BCUT2D eigenvalue weighted by Gasteiger charge is -2.15. The molecule has 7 heteroatoms. The molecule has 0 spiro atoms. The molecule has 0 nitrogen and oxygen atoms in total. The van der Waals surface area contributed by atoms with Gasteiger partial charge in [0.05, 0.1) is 30.1 Å². The summed E-state index contributed by atoms with van der Waals surface area (Å²) in [6.07, 6.45) is 0. The van der Waals surface area contributed by atoms with Crippen molar-refractivity contribution in [3.63, 3.8) is 0 Å². The van der Waals surface area contributed by atoms with Crippen molar-refractivity contribution in [3.05, 3.63) is 53.9 Å². The first-order valence-electron chi connectivity index (χ1n) is 5.25. The van der Waals surface area contributed by atoms with E-state index >= 15 is 0 Å². The van der Waals surface area contributed by atoms with E-state index in [9.17, 15) is 0 Å². The van der Waals surface area contributed by atoms with Crippen LogP contribution in [0.4, 0.5) is 0 Å². The molecule has 0 N–H and O–H groups in total. The standard InChI is InChI=1S/C13H5Cl7/c14-4-5-2-1-3-6(8(5)15)7-9(16)11(18)13(20)12(19)10(7)17/h1-3H,4H2. The average molecular weight is 409 g/mol. The van der Waals surface area contributed by atoms with Gasteiger partial charge in [-0.1, -0.05) is 87.8 Å². The van der Waals surface area contributed by atoms with Gasteiger partial charge >= 0.3 is 0 Å². The number of benzene rings is 2.